The number of benzene rings is 2. The number of aromatic nitrogens is 3. The highest BCUT2D eigenvalue weighted by molar-refractivity contribution is 5.98. The normalized spacial score (nSPS) is 12.9. The van der Waals surface area contributed by atoms with E-state index in [0.29, 0.717) is 28.6 Å². The molecule has 0 aliphatic carbocycles. The van der Waals surface area contributed by atoms with Crippen molar-refractivity contribution >= 4 is 17.1 Å². The summed E-state index contributed by atoms with van der Waals surface area (Å²) in [6, 6.07) is 15.0. The smallest absolute Gasteiger partial charge is 0.264 e. The van der Waals surface area contributed by atoms with Crippen LogP contribution < -0.4 is 14.4 Å². The van der Waals surface area contributed by atoms with Crippen LogP contribution in [0.5, 0.6) is 11.6 Å². The van der Waals surface area contributed by atoms with Gasteiger partial charge in [0.15, 0.2) is 6.61 Å². The predicted octanol–water partition coefficient (Wildman–Crippen LogP) is 3.30. The second-order valence-electron chi connectivity index (χ2n) is 7.08. The Balaban J connectivity index is 1.77. The van der Waals surface area contributed by atoms with Gasteiger partial charge < -0.3 is 14.4 Å². The van der Waals surface area contributed by atoms with Crippen molar-refractivity contribution in [2.45, 2.75) is 0 Å². The Labute approximate surface area is 177 Å². The molecule has 0 N–H and O–H groups in total. The molecule has 8 heteroatoms. The standard InChI is InChI=1S/C23H17N5O3/c1-27-17-8-7-16(9-19(17)31-12-20(27)29)22-21(15-5-3-14(10-24)4-6-15)26-23(30-2)18-11-25-13-28(18)22/h3-9,11,13H,12H2,1-2H3. The molecular formula is C23H17N5O3. The highest BCUT2D eigenvalue weighted by Gasteiger charge is 2.24. The molecule has 1 amide bonds. The minimum atomic E-state index is -0.0957. The van der Waals surface area contributed by atoms with E-state index < -0.39 is 0 Å². The largest absolute Gasteiger partial charge is 0.482 e. The first kappa shape index (κ1) is 18.6. The van der Waals surface area contributed by atoms with Crippen LogP contribution in [0.4, 0.5) is 5.69 Å². The van der Waals surface area contributed by atoms with Crippen LogP contribution in [0.2, 0.25) is 0 Å². The summed E-state index contributed by atoms with van der Waals surface area (Å²) >= 11 is 0. The molecule has 2 aromatic carbocycles. The molecule has 1 aliphatic rings. The van der Waals surface area contributed by atoms with E-state index in [1.54, 1.807) is 43.7 Å². The van der Waals surface area contributed by atoms with Gasteiger partial charge in [-0.05, 0) is 24.3 Å². The van der Waals surface area contributed by atoms with Gasteiger partial charge in [-0.15, -0.1) is 0 Å². The topological polar surface area (TPSA) is 92.8 Å². The van der Waals surface area contributed by atoms with E-state index in [0.717, 1.165) is 22.3 Å². The molecule has 31 heavy (non-hydrogen) atoms. The average molecular weight is 411 g/mol. The molecule has 0 fully saturated rings. The van der Waals surface area contributed by atoms with Crippen LogP contribution >= 0.6 is 0 Å². The van der Waals surface area contributed by atoms with E-state index in [1.165, 1.54) is 0 Å². The molecule has 4 aromatic rings. The number of ether oxygens (including phenoxy) is 2. The number of amides is 1. The number of carbonyl (C=O) groups is 1. The Morgan fingerprint density at radius 2 is 1.94 bits per heavy atom. The molecule has 1 aliphatic heterocycles. The first-order chi connectivity index (χ1) is 15.1. The van der Waals surface area contributed by atoms with Crippen LogP contribution in [0.3, 0.4) is 0 Å². The van der Waals surface area contributed by atoms with Gasteiger partial charge in [0.2, 0.25) is 5.88 Å². The van der Waals surface area contributed by atoms with Crippen molar-refractivity contribution in [1.82, 2.24) is 14.4 Å². The van der Waals surface area contributed by atoms with Crippen molar-refractivity contribution in [2.24, 2.45) is 0 Å². The number of hydrogen-bond acceptors (Lipinski definition) is 6. The van der Waals surface area contributed by atoms with Gasteiger partial charge in [-0.1, -0.05) is 18.2 Å². The van der Waals surface area contributed by atoms with Gasteiger partial charge in [0.1, 0.15) is 11.3 Å². The van der Waals surface area contributed by atoms with Gasteiger partial charge in [-0.25, -0.2) is 9.97 Å². The third-order valence-electron chi connectivity index (χ3n) is 5.34. The van der Waals surface area contributed by atoms with E-state index >= 15 is 0 Å². The number of rotatable bonds is 3. The summed E-state index contributed by atoms with van der Waals surface area (Å²) in [7, 11) is 3.30. The molecule has 0 radical (unpaired) electrons. The number of hydrogen-bond donors (Lipinski definition) is 0. The van der Waals surface area contributed by atoms with Crippen LogP contribution in [-0.2, 0) is 4.79 Å². The molecule has 0 bridgehead atoms. The summed E-state index contributed by atoms with van der Waals surface area (Å²) in [6.07, 6.45) is 3.40. The molecular weight excluding hydrogens is 394 g/mol. The van der Waals surface area contributed by atoms with Gasteiger partial charge in [0.25, 0.3) is 5.91 Å². The fourth-order valence-electron chi connectivity index (χ4n) is 3.71. The third kappa shape index (κ3) is 2.95. The average Bonchev–Trinajstić information content (AvgIpc) is 3.30. The Bertz CT molecular complexity index is 1370. The van der Waals surface area contributed by atoms with Gasteiger partial charge in [0, 0.05) is 18.2 Å². The van der Waals surface area contributed by atoms with Crippen LogP contribution in [0.15, 0.2) is 55.0 Å². The Morgan fingerprint density at radius 1 is 1.16 bits per heavy atom. The summed E-state index contributed by atoms with van der Waals surface area (Å²) in [4.78, 5) is 22.6. The van der Waals surface area contributed by atoms with E-state index in [2.05, 4.69) is 11.1 Å². The molecule has 8 nitrogen and oxygen atoms in total. The fourth-order valence-corrected chi connectivity index (χ4v) is 3.71. The SMILES string of the molecule is COc1nc(-c2ccc(C#N)cc2)c(-c2ccc3c(c2)OCC(=O)N3C)n2cncc12. The van der Waals surface area contributed by atoms with Gasteiger partial charge in [-0.2, -0.15) is 5.26 Å². The first-order valence-corrected chi connectivity index (χ1v) is 9.55. The van der Waals surface area contributed by atoms with Gasteiger partial charge in [-0.3, -0.25) is 9.20 Å². The minimum absolute atomic E-state index is 0.00319. The fraction of sp³-hybridized carbons (Fsp3) is 0.130. The van der Waals surface area contributed by atoms with Crippen molar-refractivity contribution < 1.29 is 14.3 Å². The minimum Gasteiger partial charge on any atom is -0.482 e. The molecule has 0 spiro atoms. The third-order valence-corrected chi connectivity index (χ3v) is 5.34. The zero-order valence-corrected chi connectivity index (χ0v) is 16.9. The number of nitrogens with zero attached hydrogens (tertiary/aromatic N) is 5. The van der Waals surface area contributed by atoms with Crippen molar-refractivity contribution in [3.63, 3.8) is 0 Å². The van der Waals surface area contributed by atoms with Crippen molar-refractivity contribution in [3.05, 3.63) is 60.6 Å². The highest BCUT2D eigenvalue weighted by atomic mass is 16.5. The molecule has 3 heterocycles. The van der Waals surface area contributed by atoms with Gasteiger partial charge >= 0.3 is 0 Å². The quantitative estimate of drug-likeness (QED) is 0.514. The maximum absolute atomic E-state index is 12.0. The summed E-state index contributed by atoms with van der Waals surface area (Å²) in [6.45, 7) is -0.00319. The molecule has 5 rings (SSSR count). The highest BCUT2D eigenvalue weighted by Crippen LogP contribution is 2.39. The van der Waals surface area contributed by atoms with Crippen molar-refractivity contribution in [2.75, 3.05) is 25.7 Å². The second-order valence-corrected chi connectivity index (χ2v) is 7.08. The predicted molar refractivity (Wildman–Crippen MR) is 114 cm³/mol. The zero-order chi connectivity index (χ0) is 21.5. The van der Waals surface area contributed by atoms with E-state index in [9.17, 15) is 4.79 Å². The zero-order valence-electron chi connectivity index (χ0n) is 16.9. The molecule has 0 saturated heterocycles. The maximum Gasteiger partial charge on any atom is 0.264 e. The van der Waals surface area contributed by atoms with Crippen molar-refractivity contribution in [3.8, 4) is 40.2 Å². The monoisotopic (exact) mass is 411 g/mol. The number of nitriles is 1. The van der Waals surface area contributed by atoms with Crippen LogP contribution in [0.25, 0.3) is 28.0 Å². The number of carbonyl (C=O) groups excluding carboxylic acids is 1. The van der Waals surface area contributed by atoms with Crippen LogP contribution in [0, 0.1) is 11.3 Å². The summed E-state index contributed by atoms with van der Waals surface area (Å²) in [5.41, 5.74) is 5.14. The van der Waals surface area contributed by atoms with Gasteiger partial charge in [0.05, 0.1) is 48.3 Å². The maximum atomic E-state index is 12.0. The Kier molecular flexibility index (Phi) is 4.30. The number of methoxy groups -OCH3 is 1. The molecule has 2 aromatic heterocycles. The first-order valence-electron chi connectivity index (χ1n) is 9.55. The van der Waals surface area contributed by atoms with E-state index in [1.807, 2.05) is 34.7 Å². The van der Waals surface area contributed by atoms with Crippen molar-refractivity contribution in [1.29, 1.82) is 5.26 Å². The summed E-state index contributed by atoms with van der Waals surface area (Å²) in [5.74, 6) is 0.969. The lowest BCUT2D eigenvalue weighted by atomic mass is 10.0. The number of imidazole rings is 1. The second kappa shape index (κ2) is 7.15. The lowest BCUT2D eigenvalue weighted by Gasteiger charge is -2.26. The Morgan fingerprint density at radius 3 is 2.68 bits per heavy atom. The molecule has 0 atom stereocenters. The van der Waals surface area contributed by atoms with E-state index in [-0.39, 0.29) is 12.5 Å². The summed E-state index contributed by atoms with van der Waals surface area (Å²) in [5, 5.41) is 9.14. The molecule has 0 saturated carbocycles. The molecule has 152 valence electrons. The molecule has 0 unspecified atom stereocenters. The number of fused-ring (bicyclic) bond motifs is 2. The van der Waals surface area contributed by atoms with Crippen LogP contribution in [0.1, 0.15) is 5.56 Å². The lowest BCUT2D eigenvalue weighted by Crippen LogP contribution is -2.35. The summed E-state index contributed by atoms with van der Waals surface area (Å²) < 4.78 is 13.1. The Hall–Kier alpha value is -4.38. The van der Waals surface area contributed by atoms with Crippen LogP contribution in [-0.4, -0.2) is 41.0 Å². The number of anilines is 1. The van der Waals surface area contributed by atoms with E-state index in [4.69, 9.17) is 19.7 Å². The number of likely N-dealkylation sites (N-methyl/N-ethyl adjacent to an activating group) is 1. The lowest BCUT2D eigenvalue weighted by molar-refractivity contribution is -0.120.